The molecule has 0 fully saturated rings. The normalized spacial score (nSPS) is 11.7. The highest BCUT2D eigenvalue weighted by atomic mass is 19.1. The van der Waals surface area contributed by atoms with Crippen LogP contribution in [0.15, 0.2) is 46.9 Å². The molecule has 3 aromatic rings. The van der Waals surface area contributed by atoms with E-state index in [-0.39, 0.29) is 24.8 Å². The summed E-state index contributed by atoms with van der Waals surface area (Å²) >= 11 is 0. The van der Waals surface area contributed by atoms with Crippen LogP contribution in [0.5, 0.6) is 5.75 Å². The zero-order valence-corrected chi connectivity index (χ0v) is 17.0. The molecular weight excluding hydrogens is 389 g/mol. The number of fused-ring (bicyclic) bond motifs is 1. The smallest absolute Gasteiger partial charge is 0.315 e. The van der Waals surface area contributed by atoms with Crippen molar-refractivity contribution >= 4 is 22.9 Å². The third-order valence-electron chi connectivity index (χ3n) is 4.72. The van der Waals surface area contributed by atoms with Gasteiger partial charge in [-0.05, 0) is 56.3 Å². The second kappa shape index (κ2) is 9.30. The minimum absolute atomic E-state index is 0.238. The quantitative estimate of drug-likeness (QED) is 0.515. The summed E-state index contributed by atoms with van der Waals surface area (Å²) < 4.78 is 24.3. The van der Waals surface area contributed by atoms with E-state index >= 15 is 0 Å². The minimum Gasteiger partial charge on any atom is -0.497 e. The first-order valence-corrected chi connectivity index (χ1v) is 9.54. The number of aryl methyl sites for hydroxylation is 1. The van der Waals surface area contributed by atoms with Crippen molar-refractivity contribution in [2.45, 2.75) is 19.9 Å². The molecule has 8 heteroatoms. The number of hydrogen-bond acceptors (Lipinski definition) is 4. The summed E-state index contributed by atoms with van der Waals surface area (Å²) in [7, 11) is 1.56. The summed E-state index contributed by atoms with van der Waals surface area (Å²) in [4.78, 5) is 24.2. The van der Waals surface area contributed by atoms with Gasteiger partial charge in [0, 0.05) is 29.6 Å². The van der Waals surface area contributed by atoms with E-state index in [9.17, 15) is 14.0 Å². The molecule has 30 heavy (non-hydrogen) atoms. The standard InChI is InChI=1S/C22H24FN3O4/c1-13-18-12-16(23)6-9-19(18)30-20(13)14(2)26-22(28)25-11-10-24-21(27)15-4-7-17(29-3)8-5-15/h4-9,12,14H,10-11H2,1-3H3,(H,24,27)(H2,25,26,28). The number of amides is 3. The van der Waals surface area contributed by atoms with Crippen LogP contribution in [0.4, 0.5) is 9.18 Å². The molecule has 0 aliphatic rings. The van der Waals surface area contributed by atoms with Crippen molar-refractivity contribution in [3.8, 4) is 5.75 Å². The highest BCUT2D eigenvalue weighted by Gasteiger charge is 2.18. The molecule has 0 spiro atoms. The maximum absolute atomic E-state index is 13.5. The number of urea groups is 1. The molecule has 158 valence electrons. The largest absolute Gasteiger partial charge is 0.497 e. The Balaban J connectivity index is 1.46. The first-order valence-electron chi connectivity index (χ1n) is 9.54. The lowest BCUT2D eigenvalue weighted by Crippen LogP contribution is -2.41. The maximum Gasteiger partial charge on any atom is 0.315 e. The summed E-state index contributed by atoms with van der Waals surface area (Å²) in [5.41, 5.74) is 1.86. The van der Waals surface area contributed by atoms with Gasteiger partial charge in [-0.15, -0.1) is 0 Å². The van der Waals surface area contributed by atoms with Crippen LogP contribution in [0.2, 0.25) is 0 Å². The van der Waals surface area contributed by atoms with Crippen LogP contribution >= 0.6 is 0 Å². The second-order valence-electron chi connectivity index (χ2n) is 6.84. The van der Waals surface area contributed by atoms with Gasteiger partial charge in [0.05, 0.1) is 13.2 Å². The molecule has 0 aliphatic carbocycles. The van der Waals surface area contributed by atoms with E-state index in [4.69, 9.17) is 9.15 Å². The third kappa shape index (κ3) is 4.89. The number of carbonyl (C=O) groups excluding carboxylic acids is 2. The molecule has 0 aliphatic heterocycles. The fourth-order valence-corrected chi connectivity index (χ4v) is 3.13. The van der Waals surface area contributed by atoms with Crippen molar-refractivity contribution in [1.29, 1.82) is 0 Å². The summed E-state index contributed by atoms with van der Waals surface area (Å²) in [6.45, 7) is 4.14. The number of benzene rings is 2. The fourth-order valence-electron chi connectivity index (χ4n) is 3.13. The summed E-state index contributed by atoms with van der Waals surface area (Å²) in [5, 5.41) is 8.88. The Labute approximate surface area is 173 Å². The van der Waals surface area contributed by atoms with E-state index in [0.29, 0.717) is 28.0 Å². The minimum atomic E-state index is -0.408. The van der Waals surface area contributed by atoms with Crippen molar-refractivity contribution in [3.05, 3.63) is 65.2 Å². The van der Waals surface area contributed by atoms with E-state index < -0.39 is 12.1 Å². The van der Waals surface area contributed by atoms with Gasteiger partial charge in [-0.2, -0.15) is 0 Å². The van der Waals surface area contributed by atoms with Crippen molar-refractivity contribution in [2.75, 3.05) is 20.2 Å². The molecule has 3 rings (SSSR count). The van der Waals surface area contributed by atoms with Gasteiger partial charge in [-0.1, -0.05) is 0 Å². The van der Waals surface area contributed by atoms with Crippen LogP contribution < -0.4 is 20.7 Å². The summed E-state index contributed by atoms with van der Waals surface area (Å²) in [5.74, 6) is 0.661. The monoisotopic (exact) mass is 413 g/mol. The van der Waals surface area contributed by atoms with Gasteiger partial charge in [-0.3, -0.25) is 4.79 Å². The highest BCUT2D eigenvalue weighted by molar-refractivity contribution is 5.94. The number of carbonyl (C=O) groups is 2. The predicted molar refractivity (Wildman–Crippen MR) is 111 cm³/mol. The zero-order valence-electron chi connectivity index (χ0n) is 17.0. The van der Waals surface area contributed by atoms with Crippen molar-refractivity contribution in [3.63, 3.8) is 0 Å². The lowest BCUT2D eigenvalue weighted by molar-refractivity contribution is 0.0953. The van der Waals surface area contributed by atoms with Gasteiger partial charge in [0.2, 0.25) is 0 Å². The van der Waals surface area contributed by atoms with Crippen LogP contribution in [-0.2, 0) is 0 Å². The third-order valence-corrected chi connectivity index (χ3v) is 4.72. The Hall–Kier alpha value is -3.55. The lowest BCUT2D eigenvalue weighted by Gasteiger charge is -2.14. The van der Waals surface area contributed by atoms with E-state index in [0.717, 1.165) is 5.56 Å². The number of hydrogen-bond donors (Lipinski definition) is 3. The topological polar surface area (TPSA) is 92.6 Å². The number of nitrogens with one attached hydrogen (secondary N) is 3. The Morgan fingerprint density at radius 2 is 1.80 bits per heavy atom. The second-order valence-corrected chi connectivity index (χ2v) is 6.84. The van der Waals surface area contributed by atoms with Crippen molar-refractivity contribution in [1.82, 2.24) is 16.0 Å². The van der Waals surface area contributed by atoms with Gasteiger partial charge in [0.25, 0.3) is 5.91 Å². The zero-order chi connectivity index (χ0) is 21.7. The van der Waals surface area contributed by atoms with E-state index in [1.165, 1.54) is 12.1 Å². The molecule has 0 saturated carbocycles. The molecule has 0 radical (unpaired) electrons. The number of ether oxygens (including phenoxy) is 1. The number of methoxy groups -OCH3 is 1. The lowest BCUT2D eigenvalue weighted by atomic mass is 10.1. The molecule has 1 heterocycles. The molecule has 1 aromatic heterocycles. The molecule has 3 N–H and O–H groups in total. The Morgan fingerprint density at radius 3 is 2.50 bits per heavy atom. The Bertz CT molecular complexity index is 1050. The molecule has 1 unspecified atom stereocenters. The van der Waals surface area contributed by atoms with Crippen LogP contribution in [0.3, 0.4) is 0 Å². The molecule has 0 saturated heterocycles. The van der Waals surface area contributed by atoms with Gasteiger partial charge in [0.15, 0.2) is 0 Å². The van der Waals surface area contributed by atoms with Crippen LogP contribution in [0.1, 0.15) is 34.6 Å². The average molecular weight is 413 g/mol. The molecule has 7 nitrogen and oxygen atoms in total. The van der Waals surface area contributed by atoms with Gasteiger partial charge < -0.3 is 25.1 Å². The van der Waals surface area contributed by atoms with Gasteiger partial charge in [-0.25, -0.2) is 9.18 Å². The molecule has 2 aromatic carbocycles. The van der Waals surface area contributed by atoms with Crippen LogP contribution in [0, 0.1) is 12.7 Å². The van der Waals surface area contributed by atoms with Gasteiger partial charge >= 0.3 is 6.03 Å². The first-order chi connectivity index (χ1) is 14.4. The molecule has 3 amide bonds. The van der Waals surface area contributed by atoms with Crippen LogP contribution in [0.25, 0.3) is 11.0 Å². The SMILES string of the molecule is COc1ccc(C(=O)NCCNC(=O)NC(C)c2oc3ccc(F)cc3c2C)cc1. The van der Waals surface area contributed by atoms with Crippen molar-refractivity contribution < 1.29 is 23.1 Å². The van der Waals surface area contributed by atoms with Crippen molar-refractivity contribution in [2.24, 2.45) is 0 Å². The summed E-state index contributed by atoms with van der Waals surface area (Å²) in [6.07, 6.45) is 0. The van der Waals surface area contributed by atoms with E-state index in [2.05, 4.69) is 16.0 Å². The van der Waals surface area contributed by atoms with E-state index in [1.54, 1.807) is 44.4 Å². The Kier molecular flexibility index (Phi) is 6.56. The number of rotatable bonds is 7. The maximum atomic E-state index is 13.5. The predicted octanol–water partition coefficient (Wildman–Crippen LogP) is 3.68. The van der Waals surface area contributed by atoms with Gasteiger partial charge in [0.1, 0.15) is 22.9 Å². The molecular formula is C22H24FN3O4. The molecule has 1 atom stereocenters. The highest BCUT2D eigenvalue weighted by Crippen LogP contribution is 2.29. The number of halogens is 1. The number of furan rings is 1. The summed E-state index contributed by atoms with van der Waals surface area (Å²) in [6, 6.07) is 10.2. The first kappa shape index (κ1) is 21.2. The fraction of sp³-hybridized carbons (Fsp3) is 0.273. The van der Waals surface area contributed by atoms with Crippen LogP contribution in [-0.4, -0.2) is 32.1 Å². The molecule has 0 bridgehead atoms. The average Bonchev–Trinajstić information content (AvgIpc) is 3.07. The van der Waals surface area contributed by atoms with E-state index in [1.807, 2.05) is 6.92 Å². The Morgan fingerprint density at radius 1 is 1.10 bits per heavy atom.